The maximum absolute atomic E-state index is 12.0. The molecule has 0 spiro atoms. The average Bonchev–Trinajstić information content (AvgIpc) is 4.46. The van der Waals surface area contributed by atoms with Crippen LogP contribution in [0.25, 0.3) is 0 Å². The highest BCUT2D eigenvalue weighted by Gasteiger charge is 2.63. The predicted octanol–water partition coefficient (Wildman–Crippen LogP) is 15.1. The molecule has 14 rings (SSSR count). The van der Waals surface area contributed by atoms with Crippen LogP contribution in [0.4, 0.5) is 0 Å². The van der Waals surface area contributed by atoms with Crippen molar-refractivity contribution in [1.29, 1.82) is 0 Å². The second kappa shape index (κ2) is 25.7. The van der Waals surface area contributed by atoms with Gasteiger partial charge in [-0.25, -0.2) is 0 Å². The van der Waals surface area contributed by atoms with Crippen LogP contribution < -0.4 is 0 Å². The summed E-state index contributed by atoms with van der Waals surface area (Å²) >= 11 is 0. The van der Waals surface area contributed by atoms with Gasteiger partial charge in [0.1, 0.15) is 0 Å². The van der Waals surface area contributed by atoms with Crippen LogP contribution in [0.2, 0.25) is 0 Å². The molecular weight excluding hydrogens is 1010 g/mol. The van der Waals surface area contributed by atoms with Crippen molar-refractivity contribution in [1.82, 2.24) is 0 Å². The van der Waals surface area contributed by atoms with E-state index >= 15 is 0 Å². The van der Waals surface area contributed by atoms with E-state index in [0.29, 0.717) is 23.7 Å². The molecule has 14 bridgehead atoms. The fraction of sp³-hybridized carbons (Fsp3) is 0.941. The third kappa shape index (κ3) is 14.2. The van der Waals surface area contributed by atoms with Crippen molar-refractivity contribution in [2.24, 2.45) is 116 Å². The Morgan fingerprint density at radius 1 is 0.375 bits per heavy atom. The molecule has 0 aromatic heterocycles. The van der Waals surface area contributed by atoms with Crippen LogP contribution >= 0.6 is 0 Å². The largest absolute Gasteiger partial charge is 0.438 e. The van der Waals surface area contributed by atoms with Gasteiger partial charge in [0.25, 0.3) is 0 Å². The van der Waals surface area contributed by atoms with E-state index in [9.17, 15) is 19.2 Å². The third-order valence-electron chi connectivity index (χ3n) is 24.5. The zero-order valence-corrected chi connectivity index (χ0v) is 52.3. The van der Waals surface area contributed by atoms with Gasteiger partial charge in [-0.15, -0.1) is 0 Å². The van der Waals surface area contributed by atoms with Crippen molar-refractivity contribution in [2.75, 3.05) is 33.8 Å². The first-order valence-electron chi connectivity index (χ1n) is 33.1. The van der Waals surface area contributed by atoms with Gasteiger partial charge < -0.3 is 37.9 Å². The molecule has 0 N–H and O–H groups in total. The molecule has 0 aromatic carbocycles. The van der Waals surface area contributed by atoms with E-state index in [1.165, 1.54) is 128 Å². The van der Waals surface area contributed by atoms with E-state index in [-0.39, 0.29) is 51.0 Å². The van der Waals surface area contributed by atoms with E-state index < -0.39 is 21.7 Å². The molecule has 0 aliphatic heterocycles. The van der Waals surface area contributed by atoms with Crippen molar-refractivity contribution in [3.05, 3.63) is 0 Å². The Morgan fingerprint density at radius 3 is 1.24 bits per heavy atom. The molecule has 12 nitrogen and oxygen atoms in total. The molecule has 12 heteroatoms. The molecule has 0 aromatic rings. The SMILES string of the molecule is CCC(C)(C)C(=O)OCOC1C2CC3CC(C2)CC1C3.CCC(C)(C)C(=O)OCOC1CC2CC1C1C3CCC(C3)C21.CCC(C)(C)C(=O)OCOC1CC2CCC1C2.CCC(C)(C)C(=O)OCOCC12CC3CC(CC(C3)C1)C2. The van der Waals surface area contributed by atoms with Gasteiger partial charge in [0, 0.05) is 0 Å². The molecule has 14 saturated carbocycles. The van der Waals surface area contributed by atoms with Crippen LogP contribution in [0.1, 0.15) is 237 Å². The highest BCUT2D eigenvalue weighted by molar-refractivity contribution is 5.77. The Bertz CT molecular complexity index is 2030. The maximum Gasteiger partial charge on any atom is 0.313 e. The molecule has 0 amide bonds. The molecule has 14 aliphatic rings. The van der Waals surface area contributed by atoms with Crippen LogP contribution in [0.15, 0.2) is 0 Å². The quantitative estimate of drug-likeness (QED) is 0.0355. The van der Waals surface area contributed by atoms with E-state index in [0.717, 1.165) is 121 Å². The van der Waals surface area contributed by atoms with E-state index in [1.807, 2.05) is 83.1 Å². The van der Waals surface area contributed by atoms with Gasteiger partial charge >= 0.3 is 23.9 Å². The zero-order chi connectivity index (χ0) is 57.4. The number of rotatable bonds is 21. The molecule has 0 radical (unpaired) electrons. The van der Waals surface area contributed by atoms with E-state index in [2.05, 4.69) is 0 Å². The summed E-state index contributed by atoms with van der Waals surface area (Å²) in [6, 6.07) is 0. The monoisotopic (exact) mass is 1120 g/mol. The summed E-state index contributed by atoms with van der Waals surface area (Å²) < 4.78 is 44.7. The molecule has 456 valence electrons. The number of hydrogen-bond acceptors (Lipinski definition) is 12. The average molecular weight is 1120 g/mol. The van der Waals surface area contributed by atoms with Gasteiger partial charge in [-0.3, -0.25) is 19.2 Å². The summed E-state index contributed by atoms with van der Waals surface area (Å²) in [6.45, 7) is 24.8. The summed E-state index contributed by atoms with van der Waals surface area (Å²) in [5, 5.41) is 0. The summed E-state index contributed by atoms with van der Waals surface area (Å²) in [4.78, 5) is 47.6. The number of carbonyl (C=O) groups is 4. The fourth-order valence-corrected chi connectivity index (χ4v) is 18.9. The van der Waals surface area contributed by atoms with Gasteiger partial charge in [0.2, 0.25) is 0 Å². The second-order valence-corrected chi connectivity index (χ2v) is 31.4. The molecule has 10 atom stereocenters. The minimum absolute atomic E-state index is 0.129. The highest BCUT2D eigenvalue weighted by Crippen LogP contribution is 2.68. The summed E-state index contributed by atoms with van der Waals surface area (Å²) in [7, 11) is 0. The zero-order valence-electron chi connectivity index (χ0n) is 52.3. The molecule has 80 heavy (non-hydrogen) atoms. The van der Waals surface area contributed by atoms with Crippen LogP contribution in [0.3, 0.4) is 0 Å². The lowest BCUT2D eigenvalue weighted by molar-refractivity contribution is -0.193. The van der Waals surface area contributed by atoms with Crippen LogP contribution in [0.5, 0.6) is 0 Å². The number of carbonyl (C=O) groups excluding carboxylic acids is 4. The number of fused-ring (bicyclic) bond motifs is 11. The second-order valence-electron chi connectivity index (χ2n) is 31.4. The Kier molecular flexibility index (Phi) is 20.0. The number of hydrogen-bond donors (Lipinski definition) is 0. The minimum Gasteiger partial charge on any atom is -0.438 e. The normalized spacial score (nSPS) is 38.9. The summed E-state index contributed by atoms with van der Waals surface area (Å²) in [6.07, 6.45) is 31.6. The fourth-order valence-electron chi connectivity index (χ4n) is 18.9. The first kappa shape index (κ1) is 62.3. The third-order valence-corrected chi connectivity index (χ3v) is 24.5. The van der Waals surface area contributed by atoms with Crippen LogP contribution in [-0.4, -0.2) is 76.0 Å². The van der Waals surface area contributed by atoms with Gasteiger partial charge in [0.15, 0.2) is 27.2 Å². The van der Waals surface area contributed by atoms with Gasteiger partial charge in [-0.2, -0.15) is 0 Å². The van der Waals surface area contributed by atoms with Crippen molar-refractivity contribution >= 4 is 23.9 Å². The molecule has 0 saturated heterocycles. The topological polar surface area (TPSA) is 142 Å². The minimum atomic E-state index is -0.399. The lowest BCUT2D eigenvalue weighted by atomic mass is 9.50. The summed E-state index contributed by atoms with van der Waals surface area (Å²) in [5.41, 5.74) is -1.18. The Labute approximate surface area is 484 Å². The summed E-state index contributed by atoms with van der Waals surface area (Å²) in [5.74, 6) is 12.9. The Balaban J connectivity index is 0.000000130. The maximum atomic E-state index is 12.0. The van der Waals surface area contributed by atoms with Gasteiger partial charge in [-0.1, -0.05) is 27.7 Å². The van der Waals surface area contributed by atoms with Crippen LogP contribution in [0, 0.1) is 116 Å². The first-order chi connectivity index (χ1) is 38.0. The molecular formula is C68H112O12. The van der Waals surface area contributed by atoms with Crippen molar-refractivity contribution < 1.29 is 57.1 Å². The van der Waals surface area contributed by atoms with Gasteiger partial charge in [-0.05, 0) is 304 Å². The van der Waals surface area contributed by atoms with E-state index in [1.54, 1.807) is 0 Å². The lowest BCUT2D eigenvalue weighted by Gasteiger charge is -2.56. The molecule has 14 aliphatic carbocycles. The molecule has 14 fully saturated rings. The first-order valence-corrected chi connectivity index (χ1v) is 33.1. The molecule has 0 heterocycles. The Hall–Kier alpha value is -2.28. The Morgan fingerprint density at radius 2 is 0.787 bits per heavy atom. The number of ether oxygens (including phenoxy) is 8. The standard InChI is InChI=1S/C19H30O3.C18H30O3.C17H28O3.C14H24O3/c1-4-19(2,3)18(20)22-10-21-15-9-13-8-14(15)17-12-6-5-11(7-12)16(13)17;1-4-17(2,3)16(19)21-12-20-11-18-8-13-5-14(9-18)7-15(6-13)10-18;1-4-17(2,3)16(18)20-10-19-15-13-6-11-5-12(8-13)9-14(15)7-11;1-4-14(2,3)13(15)17-9-16-12-8-10-5-6-11(12)7-10/h11-17H,4-10H2,1-3H3;13-15H,4-12H2,1-3H3;11-15H,4-10H2,1-3H3;10-12H,4-9H2,1-3H3. The lowest BCUT2D eigenvalue weighted by Crippen LogP contribution is -2.49. The van der Waals surface area contributed by atoms with E-state index in [4.69, 9.17) is 37.9 Å². The number of esters is 4. The van der Waals surface area contributed by atoms with Crippen LogP contribution in [-0.2, 0) is 57.1 Å². The van der Waals surface area contributed by atoms with Crippen molar-refractivity contribution in [2.45, 2.75) is 255 Å². The van der Waals surface area contributed by atoms with Crippen molar-refractivity contribution in [3.8, 4) is 0 Å². The highest BCUT2D eigenvalue weighted by atomic mass is 16.7. The van der Waals surface area contributed by atoms with Crippen molar-refractivity contribution in [3.63, 3.8) is 0 Å². The van der Waals surface area contributed by atoms with Gasteiger partial charge in [0.05, 0.1) is 46.6 Å². The molecule has 10 unspecified atom stereocenters. The smallest absolute Gasteiger partial charge is 0.313 e. The predicted molar refractivity (Wildman–Crippen MR) is 308 cm³/mol.